The third kappa shape index (κ3) is 4.12. The van der Waals surface area contributed by atoms with Crippen LogP contribution >= 0.6 is 10.9 Å². The van der Waals surface area contributed by atoms with Crippen LogP contribution in [-0.2, 0) is 9.47 Å². The second kappa shape index (κ2) is 7.48. The Hall–Kier alpha value is -0.770. The molecule has 0 aromatic heterocycles. The van der Waals surface area contributed by atoms with Crippen LogP contribution in [0.15, 0.2) is 41.3 Å². The Labute approximate surface area is 130 Å². The van der Waals surface area contributed by atoms with Gasteiger partial charge in [0.1, 0.15) is 0 Å². The number of thiol groups is 1. The van der Waals surface area contributed by atoms with Gasteiger partial charge in [-0.05, 0) is 42.4 Å². The lowest BCUT2D eigenvalue weighted by Crippen LogP contribution is -2.26. The van der Waals surface area contributed by atoms with Crippen LogP contribution in [0.1, 0.15) is 37.9 Å². The van der Waals surface area contributed by atoms with Crippen LogP contribution in [0.5, 0.6) is 0 Å². The average Bonchev–Trinajstić information content (AvgIpc) is 2.94. The van der Waals surface area contributed by atoms with Crippen LogP contribution < -0.4 is 0 Å². The van der Waals surface area contributed by atoms with Gasteiger partial charge in [0, 0.05) is 19.0 Å². The summed E-state index contributed by atoms with van der Waals surface area (Å²) in [7, 11) is 0.00868. The van der Waals surface area contributed by atoms with Gasteiger partial charge in [-0.1, -0.05) is 36.4 Å². The van der Waals surface area contributed by atoms with Crippen LogP contribution in [-0.4, -0.2) is 30.8 Å². The van der Waals surface area contributed by atoms with E-state index in [2.05, 4.69) is 43.3 Å². The minimum absolute atomic E-state index is 0.00868. The van der Waals surface area contributed by atoms with E-state index >= 15 is 0 Å². The molecule has 0 radical (unpaired) electrons. The van der Waals surface area contributed by atoms with Gasteiger partial charge in [-0.25, -0.2) is 10.9 Å². The highest BCUT2D eigenvalue weighted by molar-refractivity contribution is 8.20. The van der Waals surface area contributed by atoms with Crippen molar-refractivity contribution >= 4 is 10.9 Å². The number of benzene rings is 1. The Kier molecular flexibility index (Phi) is 5.39. The minimum Gasteiger partial charge on any atom is -0.381 e. The number of rotatable bonds is 5. The molecule has 0 saturated carbocycles. The smallest absolute Gasteiger partial charge is 0.0905 e. The number of hydrogen-bond donors (Lipinski definition) is 1. The molecular formula is C18H26O2S. The summed E-state index contributed by atoms with van der Waals surface area (Å²) in [5.41, 5.74) is 1.34. The number of ether oxygens (including phenoxy) is 2. The lowest BCUT2D eigenvalue weighted by Gasteiger charge is -2.31. The quantitative estimate of drug-likeness (QED) is 0.821. The van der Waals surface area contributed by atoms with Gasteiger partial charge in [-0.3, -0.25) is 0 Å². The summed E-state index contributed by atoms with van der Waals surface area (Å²) in [6.45, 7) is 3.99. The third-order valence-electron chi connectivity index (χ3n) is 4.42. The molecule has 0 aliphatic carbocycles. The molecular weight excluding hydrogens is 280 g/mol. The second-order valence-electron chi connectivity index (χ2n) is 5.93. The molecule has 2 atom stereocenters. The molecule has 1 fully saturated rings. The SMILES string of the molecule is CC1=CCC[SH]1CC(OC1CCOCC1)c1ccccc1. The second-order valence-corrected chi connectivity index (χ2v) is 8.52. The van der Waals surface area contributed by atoms with E-state index in [1.165, 1.54) is 23.5 Å². The summed E-state index contributed by atoms with van der Waals surface area (Å²) in [4.78, 5) is 1.61. The molecule has 2 nitrogen and oxygen atoms in total. The van der Waals surface area contributed by atoms with Crippen molar-refractivity contribution in [3.05, 3.63) is 46.9 Å². The van der Waals surface area contributed by atoms with Crippen LogP contribution in [0, 0.1) is 0 Å². The summed E-state index contributed by atoms with van der Waals surface area (Å²) >= 11 is 0. The van der Waals surface area contributed by atoms with E-state index in [1.54, 1.807) is 4.91 Å². The maximum absolute atomic E-state index is 6.50. The summed E-state index contributed by atoms with van der Waals surface area (Å²) in [6, 6.07) is 10.8. The molecule has 2 aliphatic rings. The van der Waals surface area contributed by atoms with Crippen molar-refractivity contribution in [1.29, 1.82) is 0 Å². The van der Waals surface area contributed by atoms with Gasteiger partial charge in [0.05, 0.1) is 12.2 Å². The molecule has 3 heteroatoms. The maximum atomic E-state index is 6.50. The maximum Gasteiger partial charge on any atom is 0.0905 e. The minimum atomic E-state index is 0.00868. The van der Waals surface area contributed by atoms with Gasteiger partial charge in [0.25, 0.3) is 0 Å². The van der Waals surface area contributed by atoms with Crippen molar-refractivity contribution < 1.29 is 9.47 Å². The van der Waals surface area contributed by atoms with Crippen molar-refractivity contribution in [1.82, 2.24) is 0 Å². The first kappa shape index (κ1) is 15.1. The molecule has 21 heavy (non-hydrogen) atoms. The molecule has 0 bridgehead atoms. The molecule has 2 aliphatic heterocycles. The van der Waals surface area contributed by atoms with Gasteiger partial charge in [-0.2, -0.15) is 0 Å². The first-order valence-corrected chi connectivity index (χ1v) is 9.74. The standard InChI is InChI=1S/C18H26O2S/c1-15-6-5-13-21(15)14-18(16-7-3-2-4-8-16)20-17-9-11-19-12-10-17/h2-4,6-8,17-18,21H,5,9-14H2,1H3. The molecule has 0 N–H and O–H groups in total. The highest BCUT2D eigenvalue weighted by Gasteiger charge is 2.24. The van der Waals surface area contributed by atoms with Crippen LogP contribution in [0.2, 0.25) is 0 Å². The van der Waals surface area contributed by atoms with Crippen molar-refractivity contribution in [2.45, 2.75) is 38.4 Å². The molecule has 1 aromatic rings. The summed E-state index contributed by atoms with van der Waals surface area (Å²) < 4.78 is 11.9. The van der Waals surface area contributed by atoms with E-state index in [4.69, 9.17) is 9.47 Å². The van der Waals surface area contributed by atoms with Gasteiger partial charge >= 0.3 is 0 Å². The van der Waals surface area contributed by atoms with Crippen molar-refractivity contribution in [3.8, 4) is 0 Å². The third-order valence-corrected chi connectivity index (χ3v) is 7.17. The molecule has 3 rings (SSSR count). The summed E-state index contributed by atoms with van der Waals surface area (Å²) in [5, 5.41) is 0. The molecule has 1 saturated heterocycles. The normalized spacial score (nSPS) is 26.5. The van der Waals surface area contributed by atoms with Gasteiger partial charge < -0.3 is 9.47 Å². The van der Waals surface area contributed by atoms with Crippen LogP contribution in [0.3, 0.4) is 0 Å². The van der Waals surface area contributed by atoms with Crippen molar-refractivity contribution in [2.24, 2.45) is 0 Å². The first-order valence-electron chi connectivity index (χ1n) is 8.03. The molecule has 0 spiro atoms. The number of hydrogen-bond acceptors (Lipinski definition) is 2. The Balaban J connectivity index is 1.69. The Morgan fingerprint density at radius 3 is 2.67 bits per heavy atom. The molecule has 116 valence electrons. The van der Waals surface area contributed by atoms with Crippen molar-refractivity contribution in [2.75, 3.05) is 24.7 Å². The van der Waals surface area contributed by atoms with E-state index in [1.807, 2.05) is 0 Å². The lowest BCUT2D eigenvalue weighted by molar-refractivity contribution is -0.0621. The van der Waals surface area contributed by atoms with E-state index in [0.29, 0.717) is 6.10 Å². The molecule has 0 amide bonds. The Morgan fingerprint density at radius 1 is 1.24 bits per heavy atom. The van der Waals surface area contributed by atoms with Gasteiger partial charge in [0.2, 0.25) is 0 Å². The Morgan fingerprint density at radius 2 is 2.00 bits per heavy atom. The zero-order valence-corrected chi connectivity index (χ0v) is 13.7. The van der Waals surface area contributed by atoms with Gasteiger partial charge in [0.15, 0.2) is 0 Å². The summed E-state index contributed by atoms with van der Waals surface area (Å²) in [5.74, 6) is 2.53. The fraction of sp³-hybridized carbons (Fsp3) is 0.556. The Bertz CT molecular complexity index is 465. The monoisotopic (exact) mass is 306 g/mol. The van der Waals surface area contributed by atoms with E-state index < -0.39 is 0 Å². The van der Waals surface area contributed by atoms with E-state index in [-0.39, 0.29) is 17.0 Å². The van der Waals surface area contributed by atoms with Crippen LogP contribution in [0.4, 0.5) is 0 Å². The predicted octanol–water partition coefficient (Wildman–Crippen LogP) is 4.23. The largest absolute Gasteiger partial charge is 0.381 e. The highest BCUT2D eigenvalue weighted by atomic mass is 32.2. The number of allylic oxidation sites excluding steroid dienone is 2. The van der Waals surface area contributed by atoms with Gasteiger partial charge in [-0.15, -0.1) is 0 Å². The fourth-order valence-electron chi connectivity index (χ4n) is 3.11. The summed E-state index contributed by atoms with van der Waals surface area (Å²) in [6.07, 6.45) is 6.37. The zero-order chi connectivity index (χ0) is 14.5. The first-order chi connectivity index (χ1) is 10.3. The highest BCUT2D eigenvalue weighted by Crippen LogP contribution is 2.45. The lowest BCUT2D eigenvalue weighted by atomic mass is 10.1. The topological polar surface area (TPSA) is 18.5 Å². The molecule has 2 unspecified atom stereocenters. The zero-order valence-electron chi connectivity index (χ0n) is 12.8. The average molecular weight is 306 g/mol. The van der Waals surface area contributed by atoms with Crippen molar-refractivity contribution in [3.63, 3.8) is 0 Å². The molecule has 1 aromatic carbocycles. The molecule has 2 heterocycles. The van der Waals surface area contributed by atoms with E-state index in [0.717, 1.165) is 26.1 Å². The van der Waals surface area contributed by atoms with E-state index in [9.17, 15) is 0 Å². The van der Waals surface area contributed by atoms with Crippen LogP contribution in [0.25, 0.3) is 0 Å². The fourth-order valence-corrected chi connectivity index (χ4v) is 5.46. The predicted molar refractivity (Wildman–Crippen MR) is 91.2 cm³/mol.